The zero-order valence-corrected chi connectivity index (χ0v) is 16.0. The second-order valence-corrected chi connectivity index (χ2v) is 7.29. The van der Waals surface area contributed by atoms with Gasteiger partial charge in [0.15, 0.2) is 0 Å². The summed E-state index contributed by atoms with van der Waals surface area (Å²) in [6.07, 6.45) is 6.93. The lowest BCUT2D eigenvalue weighted by Crippen LogP contribution is -2.30. The molecular weight excluding hydrogens is 334 g/mol. The smallest absolute Gasteiger partial charge is 0.0659 e. The van der Waals surface area contributed by atoms with Gasteiger partial charge in [0.25, 0.3) is 0 Å². The molecule has 3 heterocycles. The molecule has 1 aliphatic heterocycles. The number of rotatable bonds is 5. The Morgan fingerprint density at radius 1 is 0.889 bits per heavy atom. The third-order valence-electron chi connectivity index (χ3n) is 5.17. The van der Waals surface area contributed by atoms with Crippen molar-refractivity contribution in [2.45, 2.75) is 26.4 Å². The van der Waals surface area contributed by atoms with Gasteiger partial charge in [-0.2, -0.15) is 5.10 Å². The van der Waals surface area contributed by atoms with Crippen LogP contribution in [0, 0.1) is 6.92 Å². The molecule has 4 rings (SSSR count). The molecule has 0 bridgehead atoms. The fourth-order valence-electron chi connectivity index (χ4n) is 3.70. The Hall–Kier alpha value is -2.66. The zero-order valence-electron chi connectivity index (χ0n) is 16.0. The molecule has 0 unspecified atom stereocenters. The van der Waals surface area contributed by atoms with Gasteiger partial charge in [0.05, 0.1) is 6.54 Å². The minimum atomic E-state index is 0.831. The van der Waals surface area contributed by atoms with Gasteiger partial charge < -0.3 is 4.90 Å². The van der Waals surface area contributed by atoms with Gasteiger partial charge in [-0.3, -0.25) is 14.6 Å². The highest BCUT2D eigenvalue weighted by Gasteiger charge is 2.15. The Kier molecular flexibility index (Phi) is 5.49. The highest BCUT2D eigenvalue weighted by molar-refractivity contribution is 5.46. The van der Waals surface area contributed by atoms with Gasteiger partial charge in [0, 0.05) is 62.7 Å². The van der Waals surface area contributed by atoms with Crippen LogP contribution in [-0.2, 0) is 13.1 Å². The number of nitrogens with zero attached hydrogens (tertiary/aromatic N) is 5. The lowest BCUT2D eigenvalue weighted by Gasteiger charge is -2.24. The summed E-state index contributed by atoms with van der Waals surface area (Å²) >= 11 is 0. The maximum atomic E-state index is 4.32. The SMILES string of the molecule is Cc1cc(N2CCCN(Cc3ccc(Cn4cccn4)cc3)CC2)ccn1. The zero-order chi connectivity index (χ0) is 18.5. The molecule has 1 aliphatic rings. The topological polar surface area (TPSA) is 37.2 Å². The molecule has 0 amide bonds. The summed E-state index contributed by atoms with van der Waals surface area (Å²) < 4.78 is 1.96. The molecule has 0 N–H and O–H groups in total. The van der Waals surface area contributed by atoms with E-state index in [1.807, 2.05) is 29.3 Å². The van der Waals surface area contributed by atoms with Crippen LogP contribution in [-0.4, -0.2) is 45.8 Å². The van der Waals surface area contributed by atoms with Gasteiger partial charge in [0.2, 0.25) is 0 Å². The lowest BCUT2D eigenvalue weighted by molar-refractivity contribution is 0.285. The molecule has 1 fully saturated rings. The summed E-state index contributed by atoms with van der Waals surface area (Å²) in [5.41, 5.74) is 5.06. The fourth-order valence-corrected chi connectivity index (χ4v) is 3.70. The minimum Gasteiger partial charge on any atom is -0.370 e. The van der Waals surface area contributed by atoms with Gasteiger partial charge in [-0.25, -0.2) is 0 Å². The summed E-state index contributed by atoms with van der Waals surface area (Å²) in [5.74, 6) is 0. The molecule has 3 aromatic rings. The van der Waals surface area contributed by atoms with Crippen LogP contribution in [0.4, 0.5) is 5.69 Å². The summed E-state index contributed by atoms with van der Waals surface area (Å²) in [7, 11) is 0. The molecule has 140 valence electrons. The maximum Gasteiger partial charge on any atom is 0.0659 e. The Balaban J connectivity index is 1.33. The molecule has 0 radical (unpaired) electrons. The predicted octanol–water partition coefficient (Wildman–Crippen LogP) is 3.35. The highest BCUT2D eigenvalue weighted by Crippen LogP contribution is 2.18. The van der Waals surface area contributed by atoms with Crippen molar-refractivity contribution < 1.29 is 0 Å². The second kappa shape index (κ2) is 8.35. The molecule has 2 aromatic heterocycles. The quantitative estimate of drug-likeness (QED) is 0.698. The molecule has 0 aliphatic carbocycles. The lowest BCUT2D eigenvalue weighted by atomic mass is 10.1. The molecule has 27 heavy (non-hydrogen) atoms. The molecule has 5 nitrogen and oxygen atoms in total. The van der Waals surface area contributed by atoms with Gasteiger partial charge >= 0.3 is 0 Å². The molecule has 0 spiro atoms. The van der Waals surface area contributed by atoms with Crippen LogP contribution in [0.3, 0.4) is 0 Å². The van der Waals surface area contributed by atoms with Crippen LogP contribution in [0.15, 0.2) is 61.1 Å². The van der Waals surface area contributed by atoms with Gasteiger partial charge in [-0.15, -0.1) is 0 Å². The summed E-state index contributed by atoms with van der Waals surface area (Å²) in [6.45, 7) is 8.34. The Morgan fingerprint density at radius 3 is 2.44 bits per heavy atom. The number of hydrogen-bond acceptors (Lipinski definition) is 4. The molecular formula is C22H27N5. The van der Waals surface area contributed by atoms with Gasteiger partial charge in [0.1, 0.15) is 0 Å². The van der Waals surface area contributed by atoms with E-state index in [1.165, 1.54) is 23.2 Å². The van der Waals surface area contributed by atoms with E-state index in [-0.39, 0.29) is 0 Å². The summed E-state index contributed by atoms with van der Waals surface area (Å²) in [6, 6.07) is 15.2. The van der Waals surface area contributed by atoms with Crippen molar-refractivity contribution in [3.63, 3.8) is 0 Å². The van der Waals surface area contributed by atoms with Crippen LogP contribution in [0.2, 0.25) is 0 Å². The first-order valence-electron chi connectivity index (χ1n) is 9.71. The van der Waals surface area contributed by atoms with Crippen molar-refractivity contribution in [3.05, 3.63) is 77.9 Å². The maximum absolute atomic E-state index is 4.32. The first-order valence-corrected chi connectivity index (χ1v) is 9.71. The second-order valence-electron chi connectivity index (χ2n) is 7.29. The fraction of sp³-hybridized carbons (Fsp3) is 0.364. The van der Waals surface area contributed by atoms with Crippen molar-refractivity contribution >= 4 is 5.69 Å². The Labute approximate surface area is 161 Å². The number of hydrogen-bond donors (Lipinski definition) is 0. The highest BCUT2D eigenvalue weighted by atomic mass is 15.3. The summed E-state index contributed by atoms with van der Waals surface area (Å²) in [5, 5.41) is 4.28. The Bertz CT molecular complexity index is 841. The van der Waals surface area contributed by atoms with E-state index in [0.29, 0.717) is 0 Å². The van der Waals surface area contributed by atoms with E-state index >= 15 is 0 Å². The van der Waals surface area contributed by atoms with Crippen LogP contribution in [0.25, 0.3) is 0 Å². The Morgan fingerprint density at radius 2 is 1.70 bits per heavy atom. The number of anilines is 1. The number of aryl methyl sites for hydroxylation is 1. The van der Waals surface area contributed by atoms with E-state index in [0.717, 1.165) is 45.0 Å². The van der Waals surface area contributed by atoms with E-state index in [2.05, 4.69) is 63.2 Å². The normalized spacial score (nSPS) is 15.7. The van der Waals surface area contributed by atoms with Crippen LogP contribution < -0.4 is 4.90 Å². The van der Waals surface area contributed by atoms with Crippen molar-refractivity contribution in [2.75, 3.05) is 31.1 Å². The van der Waals surface area contributed by atoms with E-state index in [1.54, 1.807) is 0 Å². The molecule has 1 saturated heterocycles. The van der Waals surface area contributed by atoms with E-state index in [4.69, 9.17) is 0 Å². The molecule has 5 heteroatoms. The number of pyridine rings is 1. The number of benzene rings is 1. The van der Waals surface area contributed by atoms with Gasteiger partial charge in [-0.05, 0) is 42.7 Å². The van der Waals surface area contributed by atoms with E-state index in [9.17, 15) is 0 Å². The van der Waals surface area contributed by atoms with Crippen molar-refractivity contribution in [1.29, 1.82) is 0 Å². The first-order chi connectivity index (χ1) is 13.3. The van der Waals surface area contributed by atoms with Crippen molar-refractivity contribution in [1.82, 2.24) is 19.7 Å². The van der Waals surface area contributed by atoms with Crippen molar-refractivity contribution in [2.24, 2.45) is 0 Å². The molecule has 1 aromatic carbocycles. The average Bonchev–Trinajstić information content (AvgIpc) is 3.07. The first kappa shape index (κ1) is 17.7. The molecule has 0 atom stereocenters. The van der Waals surface area contributed by atoms with Gasteiger partial charge in [-0.1, -0.05) is 24.3 Å². The van der Waals surface area contributed by atoms with Crippen LogP contribution >= 0.6 is 0 Å². The average molecular weight is 361 g/mol. The van der Waals surface area contributed by atoms with Crippen molar-refractivity contribution in [3.8, 4) is 0 Å². The number of aromatic nitrogens is 3. The van der Waals surface area contributed by atoms with E-state index < -0.39 is 0 Å². The van der Waals surface area contributed by atoms with Crippen LogP contribution in [0.5, 0.6) is 0 Å². The largest absolute Gasteiger partial charge is 0.370 e. The summed E-state index contributed by atoms with van der Waals surface area (Å²) in [4.78, 5) is 9.37. The molecule has 0 saturated carbocycles. The third-order valence-corrected chi connectivity index (χ3v) is 5.17. The minimum absolute atomic E-state index is 0.831. The monoisotopic (exact) mass is 361 g/mol. The third kappa shape index (κ3) is 4.74. The predicted molar refractivity (Wildman–Crippen MR) is 109 cm³/mol. The standard InChI is InChI=1S/C22H27N5/c1-19-16-22(8-10-23-19)26-12-3-11-25(14-15-26)17-20-4-6-21(7-5-20)18-27-13-2-9-24-27/h2,4-10,13,16H,3,11-12,14-15,17-18H2,1H3. The van der Waals surface area contributed by atoms with Crippen LogP contribution in [0.1, 0.15) is 23.2 Å².